The summed E-state index contributed by atoms with van der Waals surface area (Å²) in [6, 6.07) is 0. The van der Waals surface area contributed by atoms with Crippen molar-refractivity contribution in [1.29, 1.82) is 0 Å². The second-order valence-corrected chi connectivity index (χ2v) is 2.81. The van der Waals surface area contributed by atoms with Crippen molar-refractivity contribution in [2.45, 2.75) is 5.67 Å². The van der Waals surface area contributed by atoms with Crippen LogP contribution in [0.2, 0.25) is 0 Å². The predicted octanol–water partition coefficient (Wildman–Crippen LogP) is -0.288. The normalized spacial score (nSPS) is 35.3. The molecule has 0 saturated carbocycles. The molecular formula is C8H6FKNO2. The van der Waals surface area contributed by atoms with Gasteiger partial charge < -0.3 is 0 Å². The van der Waals surface area contributed by atoms with Crippen LogP contribution in [0.15, 0.2) is 24.3 Å². The van der Waals surface area contributed by atoms with Crippen molar-refractivity contribution < 1.29 is 14.0 Å². The van der Waals surface area contributed by atoms with Gasteiger partial charge in [0.15, 0.2) is 0 Å². The van der Waals surface area contributed by atoms with Gasteiger partial charge in [0.05, 0.1) is 0 Å². The van der Waals surface area contributed by atoms with Crippen molar-refractivity contribution in [2.75, 3.05) is 0 Å². The molecule has 5 heteroatoms. The number of amides is 2. The second-order valence-electron chi connectivity index (χ2n) is 2.81. The Balaban J connectivity index is 0.000000845. The van der Waals surface area contributed by atoms with E-state index in [1.165, 1.54) is 12.2 Å². The first-order chi connectivity index (χ1) is 5.64. The van der Waals surface area contributed by atoms with Crippen LogP contribution in [0.25, 0.3) is 0 Å². The van der Waals surface area contributed by atoms with Crippen LogP contribution < -0.4 is 5.32 Å². The number of fused-ring (bicyclic) bond motifs is 1. The molecule has 0 spiro atoms. The van der Waals surface area contributed by atoms with Crippen LogP contribution in [0.1, 0.15) is 0 Å². The maximum atomic E-state index is 13.6. The molecular weight excluding hydrogens is 200 g/mol. The Morgan fingerprint density at radius 1 is 1.38 bits per heavy atom. The summed E-state index contributed by atoms with van der Waals surface area (Å²) in [7, 11) is 0. The number of hydrogen-bond donors (Lipinski definition) is 1. The van der Waals surface area contributed by atoms with Crippen molar-refractivity contribution in [3.8, 4) is 0 Å². The van der Waals surface area contributed by atoms with Crippen molar-refractivity contribution in [1.82, 2.24) is 5.32 Å². The topological polar surface area (TPSA) is 46.2 Å². The zero-order valence-electron chi connectivity index (χ0n) is 7.08. The summed E-state index contributed by atoms with van der Waals surface area (Å²) in [5, 5.41) is 1.94. The van der Waals surface area contributed by atoms with Gasteiger partial charge in [-0.2, -0.15) is 0 Å². The zero-order valence-corrected chi connectivity index (χ0v) is 10.2. The van der Waals surface area contributed by atoms with Gasteiger partial charge >= 0.3 is 0 Å². The molecule has 63 valence electrons. The van der Waals surface area contributed by atoms with Crippen LogP contribution in [0, 0.1) is 5.92 Å². The Kier molecular flexibility index (Phi) is 3.24. The second kappa shape index (κ2) is 3.74. The Labute approximate surface area is 117 Å². The molecule has 2 aliphatic rings. The molecule has 1 aliphatic carbocycles. The standard InChI is InChI=1S/C8H6FNO2.K/c9-8-4-2-1-3-5(8)6(11)10-7(8)12;/h1-5H,(H,10,11,12);. The number of alkyl halides is 1. The molecule has 1 radical (unpaired) electrons. The van der Waals surface area contributed by atoms with Gasteiger partial charge in [0.1, 0.15) is 5.92 Å². The summed E-state index contributed by atoms with van der Waals surface area (Å²) in [6.07, 6.45) is 5.48. The van der Waals surface area contributed by atoms with Gasteiger partial charge in [-0.05, 0) is 6.08 Å². The zero-order chi connectivity index (χ0) is 8.77. The van der Waals surface area contributed by atoms with E-state index in [2.05, 4.69) is 0 Å². The van der Waals surface area contributed by atoms with Crippen LogP contribution >= 0.6 is 0 Å². The summed E-state index contributed by atoms with van der Waals surface area (Å²) in [6.45, 7) is 0. The Bertz CT molecular complexity index is 326. The van der Waals surface area contributed by atoms with Gasteiger partial charge in [-0.3, -0.25) is 14.9 Å². The Morgan fingerprint density at radius 2 is 2.08 bits per heavy atom. The molecule has 3 nitrogen and oxygen atoms in total. The van der Waals surface area contributed by atoms with E-state index in [1.54, 1.807) is 6.08 Å². The summed E-state index contributed by atoms with van der Waals surface area (Å²) in [4.78, 5) is 21.9. The first-order valence-electron chi connectivity index (χ1n) is 3.55. The van der Waals surface area contributed by atoms with Crippen molar-refractivity contribution in [3.05, 3.63) is 24.3 Å². The minimum atomic E-state index is -2.15. The fourth-order valence-electron chi connectivity index (χ4n) is 1.40. The predicted molar refractivity (Wildman–Crippen MR) is 44.5 cm³/mol. The molecule has 0 bridgehead atoms. The molecule has 2 rings (SSSR count). The van der Waals surface area contributed by atoms with Crippen molar-refractivity contribution in [2.24, 2.45) is 5.92 Å². The van der Waals surface area contributed by atoms with Gasteiger partial charge in [-0.1, -0.05) is 18.2 Å². The van der Waals surface area contributed by atoms with E-state index in [4.69, 9.17) is 0 Å². The molecule has 1 fully saturated rings. The van der Waals surface area contributed by atoms with E-state index in [9.17, 15) is 14.0 Å². The first kappa shape index (κ1) is 11.3. The quantitative estimate of drug-likeness (QED) is 0.437. The molecule has 2 atom stereocenters. The average Bonchev–Trinajstić information content (AvgIpc) is 2.25. The number of rotatable bonds is 0. The molecule has 1 aliphatic heterocycles. The number of carbonyl (C=O) groups excluding carboxylic acids is 2. The average molecular weight is 206 g/mol. The van der Waals surface area contributed by atoms with E-state index in [-0.39, 0.29) is 51.4 Å². The third-order valence-electron chi connectivity index (χ3n) is 2.07. The Morgan fingerprint density at radius 3 is 2.69 bits per heavy atom. The molecule has 0 aromatic rings. The smallest absolute Gasteiger partial charge is 0.269 e. The van der Waals surface area contributed by atoms with Gasteiger partial charge in [-0.15, -0.1) is 0 Å². The van der Waals surface area contributed by atoms with E-state index in [0.29, 0.717) is 0 Å². The van der Waals surface area contributed by atoms with E-state index in [1.807, 2.05) is 5.32 Å². The van der Waals surface area contributed by atoms with Gasteiger partial charge in [0.25, 0.3) is 5.91 Å². The maximum Gasteiger partial charge on any atom is 0.269 e. The number of halogens is 1. The number of nitrogens with one attached hydrogen (secondary N) is 1. The third kappa shape index (κ3) is 1.59. The van der Waals surface area contributed by atoms with Crippen LogP contribution in [0.4, 0.5) is 4.39 Å². The first-order valence-corrected chi connectivity index (χ1v) is 3.55. The molecule has 1 heterocycles. The van der Waals surface area contributed by atoms with Gasteiger partial charge in [0.2, 0.25) is 11.6 Å². The number of carbonyl (C=O) groups is 2. The van der Waals surface area contributed by atoms with Crippen molar-refractivity contribution >= 4 is 63.2 Å². The molecule has 0 aromatic carbocycles. The van der Waals surface area contributed by atoms with Crippen molar-refractivity contribution in [3.63, 3.8) is 0 Å². The summed E-state index contributed by atoms with van der Waals surface area (Å²) in [5.41, 5.74) is -2.15. The molecule has 1 N–H and O–H groups in total. The minimum Gasteiger partial charge on any atom is -0.293 e. The maximum absolute atomic E-state index is 13.6. The molecule has 2 amide bonds. The number of imide groups is 1. The van der Waals surface area contributed by atoms with Gasteiger partial charge in [-0.25, -0.2) is 4.39 Å². The fraction of sp³-hybridized carbons (Fsp3) is 0.250. The molecule has 0 aromatic heterocycles. The summed E-state index contributed by atoms with van der Waals surface area (Å²) >= 11 is 0. The monoisotopic (exact) mass is 206 g/mol. The molecule has 1 saturated heterocycles. The van der Waals surface area contributed by atoms with E-state index < -0.39 is 23.4 Å². The van der Waals surface area contributed by atoms with E-state index in [0.717, 1.165) is 6.08 Å². The van der Waals surface area contributed by atoms with E-state index >= 15 is 0 Å². The van der Waals surface area contributed by atoms with Crippen LogP contribution in [-0.2, 0) is 9.59 Å². The summed E-state index contributed by atoms with van der Waals surface area (Å²) < 4.78 is 13.6. The largest absolute Gasteiger partial charge is 0.293 e. The molecule has 13 heavy (non-hydrogen) atoms. The van der Waals surface area contributed by atoms with Crippen LogP contribution in [-0.4, -0.2) is 68.9 Å². The molecule has 2 unspecified atom stereocenters. The summed E-state index contributed by atoms with van der Waals surface area (Å²) in [5.74, 6) is -2.41. The number of hydrogen-bond acceptors (Lipinski definition) is 2. The fourth-order valence-corrected chi connectivity index (χ4v) is 1.40. The van der Waals surface area contributed by atoms with Gasteiger partial charge in [0, 0.05) is 51.4 Å². The van der Waals surface area contributed by atoms with Crippen LogP contribution in [0.3, 0.4) is 0 Å². The van der Waals surface area contributed by atoms with Crippen LogP contribution in [0.5, 0.6) is 0 Å². The minimum absolute atomic E-state index is 0. The third-order valence-corrected chi connectivity index (χ3v) is 2.07. The number of allylic oxidation sites excluding steroid dienone is 2. The Hall–Kier alpha value is 0.186. The SMILES string of the molecule is O=C1NC(=O)C2(F)C=CC=CC12.[K].